The number of hydrogen-bond acceptors (Lipinski definition) is 8. The molecule has 13 nitrogen and oxygen atoms in total. The molecule has 0 saturated heterocycles. The van der Waals surface area contributed by atoms with Crippen molar-refractivity contribution < 1.29 is 28.7 Å². The maximum absolute atomic E-state index is 13.3. The smallest absolute Gasteiger partial charge is 0.419 e. The van der Waals surface area contributed by atoms with Gasteiger partial charge in [0, 0.05) is 36.7 Å². The van der Waals surface area contributed by atoms with Crippen LogP contribution < -0.4 is 11.1 Å². The Balaban J connectivity index is 1.50. The van der Waals surface area contributed by atoms with Gasteiger partial charge in [0.15, 0.2) is 5.84 Å². The van der Waals surface area contributed by atoms with Crippen LogP contribution in [0.15, 0.2) is 58.9 Å². The SMILES string of the molecule is CCN(C(=O)OCOC(=O)c1cccnc1)C(=O)c1c[nH]c(C(N=CN)=Nc2cc(C(=O)NC3CC3)ccc2C)c1C. The maximum Gasteiger partial charge on any atom is 0.419 e. The fourth-order valence-electron chi connectivity index (χ4n) is 3.93. The number of carbonyl (C=O) groups excluding carboxylic acids is 4. The second kappa shape index (κ2) is 13.4. The molecule has 2 aromatic heterocycles. The fourth-order valence-corrected chi connectivity index (χ4v) is 3.93. The van der Waals surface area contributed by atoms with E-state index >= 15 is 0 Å². The number of aryl methyl sites for hydroxylation is 1. The molecule has 0 unspecified atom stereocenters. The number of H-pyrrole nitrogens is 1. The number of nitrogens with one attached hydrogen (secondary N) is 2. The van der Waals surface area contributed by atoms with Gasteiger partial charge < -0.3 is 25.5 Å². The zero-order chi connectivity index (χ0) is 30.2. The van der Waals surface area contributed by atoms with E-state index in [2.05, 4.69) is 25.3 Å². The highest BCUT2D eigenvalue weighted by atomic mass is 16.7. The highest BCUT2D eigenvalue weighted by Crippen LogP contribution is 2.25. The zero-order valence-electron chi connectivity index (χ0n) is 23.4. The van der Waals surface area contributed by atoms with Crippen molar-refractivity contribution in [1.82, 2.24) is 20.2 Å². The third kappa shape index (κ3) is 7.05. The van der Waals surface area contributed by atoms with Gasteiger partial charge in [-0.25, -0.2) is 24.5 Å². The number of hydrogen-bond donors (Lipinski definition) is 3. The maximum atomic E-state index is 13.3. The van der Waals surface area contributed by atoms with Gasteiger partial charge in [0.05, 0.1) is 28.8 Å². The highest BCUT2D eigenvalue weighted by Gasteiger charge is 2.27. The Bertz CT molecular complexity index is 1540. The van der Waals surface area contributed by atoms with Crippen molar-refractivity contribution in [2.75, 3.05) is 13.3 Å². The van der Waals surface area contributed by atoms with E-state index in [0.717, 1.165) is 29.6 Å². The van der Waals surface area contributed by atoms with E-state index < -0.39 is 24.8 Å². The summed E-state index contributed by atoms with van der Waals surface area (Å²) in [5, 5.41) is 2.95. The lowest BCUT2D eigenvalue weighted by Gasteiger charge is -2.18. The predicted octanol–water partition coefficient (Wildman–Crippen LogP) is 3.40. The molecule has 1 aliphatic carbocycles. The Labute approximate surface area is 241 Å². The molecule has 42 heavy (non-hydrogen) atoms. The number of aliphatic imine (C=N–C) groups is 2. The lowest BCUT2D eigenvalue weighted by Crippen LogP contribution is -2.37. The molecule has 0 aliphatic heterocycles. The molecule has 13 heteroatoms. The van der Waals surface area contributed by atoms with E-state index in [0.29, 0.717) is 22.5 Å². The number of amidine groups is 1. The zero-order valence-corrected chi connectivity index (χ0v) is 23.4. The summed E-state index contributed by atoms with van der Waals surface area (Å²) in [6.45, 7) is 4.42. The molecule has 3 aromatic rings. The van der Waals surface area contributed by atoms with Crippen molar-refractivity contribution >= 4 is 41.7 Å². The molecule has 3 amide bonds. The van der Waals surface area contributed by atoms with Crippen LogP contribution in [0, 0.1) is 13.8 Å². The molecule has 4 rings (SSSR count). The molecule has 218 valence electrons. The van der Waals surface area contributed by atoms with Gasteiger partial charge in [-0.3, -0.25) is 14.6 Å². The highest BCUT2D eigenvalue weighted by molar-refractivity contribution is 6.09. The first kappa shape index (κ1) is 29.6. The Hall–Kier alpha value is -5.33. The van der Waals surface area contributed by atoms with Crippen LogP contribution in [0.2, 0.25) is 0 Å². The third-order valence-electron chi connectivity index (χ3n) is 6.45. The van der Waals surface area contributed by atoms with Crippen LogP contribution in [0.3, 0.4) is 0 Å². The first-order valence-corrected chi connectivity index (χ1v) is 13.2. The summed E-state index contributed by atoms with van der Waals surface area (Å²) in [4.78, 5) is 67.1. The topological polar surface area (TPSA) is 181 Å². The molecule has 0 spiro atoms. The number of pyridine rings is 1. The van der Waals surface area contributed by atoms with Crippen LogP contribution in [0.25, 0.3) is 0 Å². The van der Waals surface area contributed by atoms with E-state index in [-0.39, 0.29) is 35.5 Å². The van der Waals surface area contributed by atoms with Gasteiger partial charge in [-0.05, 0) is 69.0 Å². The van der Waals surface area contributed by atoms with Gasteiger partial charge in [-0.1, -0.05) is 6.07 Å². The van der Waals surface area contributed by atoms with Crippen LogP contribution in [0.5, 0.6) is 0 Å². The molecule has 0 atom stereocenters. The molecular formula is C29H31N7O6. The van der Waals surface area contributed by atoms with Crippen molar-refractivity contribution in [2.24, 2.45) is 15.7 Å². The Morgan fingerprint density at radius 2 is 1.95 bits per heavy atom. The van der Waals surface area contributed by atoms with Gasteiger partial charge in [-0.2, -0.15) is 0 Å². The number of aromatic nitrogens is 2. The molecule has 1 aromatic carbocycles. The van der Waals surface area contributed by atoms with Gasteiger partial charge in [0.2, 0.25) is 6.79 Å². The van der Waals surface area contributed by atoms with Crippen molar-refractivity contribution in [2.45, 2.75) is 39.7 Å². The summed E-state index contributed by atoms with van der Waals surface area (Å²) >= 11 is 0. The van der Waals surface area contributed by atoms with E-state index in [4.69, 9.17) is 15.2 Å². The number of imide groups is 1. The summed E-state index contributed by atoms with van der Waals surface area (Å²) in [6, 6.07) is 8.46. The minimum absolute atomic E-state index is 0.00895. The van der Waals surface area contributed by atoms with Gasteiger partial charge >= 0.3 is 12.1 Å². The molecule has 0 bridgehead atoms. The van der Waals surface area contributed by atoms with Gasteiger partial charge in [0.25, 0.3) is 11.8 Å². The normalized spacial score (nSPS) is 13.1. The first-order chi connectivity index (χ1) is 20.2. The Morgan fingerprint density at radius 1 is 1.17 bits per heavy atom. The predicted molar refractivity (Wildman–Crippen MR) is 154 cm³/mol. The Morgan fingerprint density at radius 3 is 2.62 bits per heavy atom. The largest absolute Gasteiger partial charge is 0.424 e. The molecule has 4 N–H and O–H groups in total. The average molecular weight is 574 g/mol. The summed E-state index contributed by atoms with van der Waals surface area (Å²) in [7, 11) is 0. The first-order valence-electron chi connectivity index (χ1n) is 13.2. The van der Waals surface area contributed by atoms with Crippen LogP contribution in [-0.4, -0.2) is 70.3 Å². The second-order valence-corrected chi connectivity index (χ2v) is 9.42. The van der Waals surface area contributed by atoms with E-state index in [9.17, 15) is 19.2 Å². The number of amides is 3. The molecule has 0 radical (unpaired) electrons. The van der Waals surface area contributed by atoms with Gasteiger partial charge in [0.1, 0.15) is 0 Å². The van der Waals surface area contributed by atoms with Crippen molar-refractivity contribution in [3.8, 4) is 0 Å². The molecular weight excluding hydrogens is 542 g/mol. The number of nitrogens with zero attached hydrogens (tertiary/aromatic N) is 4. The lowest BCUT2D eigenvalue weighted by atomic mass is 10.1. The Kier molecular flexibility index (Phi) is 9.42. The molecule has 2 heterocycles. The minimum atomic E-state index is -0.991. The van der Waals surface area contributed by atoms with Crippen molar-refractivity contribution in [3.05, 3.63) is 82.4 Å². The quantitative estimate of drug-likeness (QED) is 0.151. The van der Waals surface area contributed by atoms with Crippen LogP contribution in [0.1, 0.15) is 67.7 Å². The van der Waals surface area contributed by atoms with Crippen molar-refractivity contribution in [1.29, 1.82) is 0 Å². The summed E-state index contributed by atoms with van der Waals surface area (Å²) in [5.41, 5.74) is 8.57. The minimum Gasteiger partial charge on any atom is -0.424 e. The van der Waals surface area contributed by atoms with Crippen LogP contribution in [0.4, 0.5) is 10.5 Å². The average Bonchev–Trinajstić information content (AvgIpc) is 3.72. The van der Waals surface area contributed by atoms with Crippen LogP contribution >= 0.6 is 0 Å². The number of esters is 1. The van der Waals surface area contributed by atoms with E-state index in [1.807, 2.05) is 6.92 Å². The molecule has 1 fully saturated rings. The molecule has 1 aliphatic rings. The van der Waals surface area contributed by atoms with E-state index in [1.165, 1.54) is 24.7 Å². The number of nitrogens with two attached hydrogens (primary N) is 1. The van der Waals surface area contributed by atoms with Crippen LogP contribution in [-0.2, 0) is 9.47 Å². The monoisotopic (exact) mass is 573 g/mol. The fraction of sp³-hybridized carbons (Fsp3) is 0.276. The number of benzene rings is 1. The molecule has 1 saturated carbocycles. The standard InChI is InChI=1S/C29H31N7O6/c1-4-36(29(40)42-16-41-28(39)20-6-5-11-31-13-20)27(38)22-14-32-24(18(22)3)25(33-15-30)35-23-12-19(8-7-17(23)2)26(37)34-21-9-10-21/h5-8,11-15,21,32H,4,9-10,16H2,1-3H3,(H,34,37)(H2,30,33,35). The van der Waals surface area contributed by atoms with Gasteiger partial charge in [-0.15, -0.1) is 0 Å². The summed E-state index contributed by atoms with van der Waals surface area (Å²) < 4.78 is 9.95. The summed E-state index contributed by atoms with van der Waals surface area (Å²) in [6.07, 6.45) is 6.27. The third-order valence-corrected chi connectivity index (χ3v) is 6.45. The van der Waals surface area contributed by atoms with E-state index in [1.54, 1.807) is 38.1 Å². The summed E-state index contributed by atoms with van der Waals surface area (Å²) in [5.74, 6) is -1.38. The van der Waals surface area contributed by atoms with Crippen molar-refractivity contribution in [3.63, 3.8) is 0 Å². The number of carbonyl (C=O) groups is 4. The number of rotatable bonds is 9. The second-order valence-electron chi connectivity index (χ2n) is 9.42. The number of aromatic amines is 1. The lowest BCUT2D eigenvalue weighted by molar-refractivity contribution is -0.0102. The number of ether oxygens (including phenoxy) is 2.